The lowest BCUT2D eigenvalue weighted by Gasteiger charge is -2.05. The van der Waals surface area contributed by atoms with Crippen molar-refractivity contribution in [1.29, 1.82) is 0 Å². The van der Waals surface area contributed by atoms with Crippen LogP contribution in [0.1, 0.15) is 41.2 Å². The van der Waals surface area contributed by atoms with Gasteiger partial charge in [-0.25, -0.2) is 0 Å². The fourth-order valence-electron chi connectivity index (χ4n) is 2.08. The summed E-state index contributed by atoms with van der Waals surface area (Å²) >= 11 is 0. The van der Waals surface area contributed by atoms with Crippen molar-refractivity contribution in [3.05, 3.63) is 52.8 Å². The summed E-state index contributed by atoms with van der Waals surface area (Å²) in [6.45, 7) is 6.51. The van der Waals surface area contributed by atoms with Crippen molar-refractivity contribution in [1.82, 2.24) is 9.78 Å². The molecule has 1 aromatic carbocycles. The molecule has 0 unspecified atom stereocenters. The molecule has 0 saturated heterocycles. The number of carbonyl (C=O) groups is 1. The van der Waals surface area contributed by atoms with E-state index in [1.165, 1.54) is 0 Å². The van der Waals surface area contributed by atoms with E-state index in [0.29, 0.717) is 6.54 Å². The van der Waals surface area contributed by atoms with Crippen LogP contribution in [0.3, 0.4) is 0 Å². The Balaban J connectivity index is 2.18. The van der Waals surface area contributed by atoms with Gasteiger partial charge in [0.2, 0.25) is 0 Å². The van der Waals surface area contributed by atoms with Gasteiger partial charge in [0.25, 0.3) is 0 Å². The van der Waals surface area contributed by atoms with Crippen LogP contribution in [-0.4, -0.2) is 15.6 Å². The highest BCUT2D eigenvalue weighted by Crippen LogP contribution is 2.10. The zero-order chi connectivity index (χ0) is 13.8. The van der Waals surface area contributed by atoms with Crippen LogP contribution >= 0.6 is 0 Å². The van der Waals surface area contributed by atoms with Crippen LogP contribution in [0.2, 0.25) is 0 Å². The molecule has 19 heavy (non-hydrogen) atoms. The summed E-state index contributed by atoms with van der Waals surface area (Å²) < 4.78 is 1.83. The number of aryl methyl sites for hydroxylation is 3. The van der Waals surface area contributed by atoms with Crippen LogP contribution in [-0.2, 0) is 19.4 Å². The molecule has 0 bridgehead atoms. The van der Waals surface area contributed by atoms with E-state index in [2.05, 4.69) is 25.0 Å². The van der Waals surface area contributed by atoms with Crippen LogP contribution in [0.4, 0.5) is 0 Å². The SMILES string of the molecule is CCc1cc(CC)n(CC(=O)c2ccc(C)cc2)n1. The van der Waals surface area contributed by atoms with Crippen molar-refractivity contribution in [2.24, 2.45) is 0 Å². The quantitative estimate of drug-likeness (QED) is 0.770. The number of ketones is 1. The summed E-state index contributed by atoms with van der Waals surface area (Å²) in [7, 11) is 0. The molecule has 0 N–H and O–H groups in total. The number of rotatable bonds is 5. The summed E-state index contributed by atoms with van der Waals surface area (Å²) in [4.78, 5) is 12.2. The first-order chi connectivity index (χ1) is 9.13. The van der Waals surface area contributed by atoms with Gasteiger partial charge in [0.05, 0.1) is 5.69 Å². The molecule has 0 aliphatic heterocycles. The predicted octanol–water partition coefficient (Wildman–Crippen LogP) is 3.20. The lowest BCUT2D eigenvalue weighted by Crippen LogP contribution is -2.14. The molecule has 1 aromatic heterocycles. The maximum Gasteiger partial charge on any atom is 0.184 e. The van der Waals surface area contributed by atoms with Gasteiger partial charge in [-0.2, -0.15) is 5.10 Å². The average molecular weight is 256 g/mol. The molecule has 2 rings (SSSR count). The Labute approximate surface area is 114 Å². The minimum atomic E-state index is 0.112. The topological polar surface area (TPSA) is 34.9 Å². The van der Waals surface area contributed by atoms with Crippen LogP contribution < -0.4 is 0 Å². The van der Waals surface area contributed by atoms with E-state index < -0.39 is 0 Å². The first-order valence-electron chi connectivity index (χ1n) is 6.79. The normalized spacial score (nSPS) is 10.7. The molecule has 0 saturated carbocycles. The molecule has 0 radical (unpaired) electrons. The summed E-state index contributed by atoms with van der Waals surface area (Å²) in [5.74, 6) is 0.112. The Hall–Kier alpha value is -1.90. The molecule has 3 heteroatoms. The van der Waals surface area contributed by atoms with Crippen molar-refractivity contribution >= 4 is 5.78 Å². The smallest absolute Gasteiger partial charge is 0.184 e. The molecule has 0 spiro atoms. The number of hydrogen-bond acceptors (Lipinski definition) is 2. The minimum Gasteiger partial charge on any atom is -0.292 e. The second kappa shape index (κ2) is 5.83. The monoisotopic (exact) mass is 256 g/mol. The number of benzene rings is 1. The number of carbonyl (C=O) groups excluding carboxylic acids is 1. The molecule has 1 heterocycles. The molecule has 0 aliphatic carbocycles. The first-order valence-corrected chi connectivity index (χ1v) is 6.79. The van der Waals surface area contributed by atoms with Gasteiger partial charge in [0.15, 0.2) is 5.78 Å². The van der Waals surface area contributed by atoms with E-state index in [-0.39, 0.29) is 5.78 Å². The van der Waals surface area contributed by atoms with E-state index in [0.717, 1.165) is 35.4 Å². The highest BCUT2D eigenvalue weighted by atomic mass is 16.1. The van der Waals surface area contributed by atoms with E-state index in [4.69, 9.17) is 0 Å². The maximum absolute atomic E-state index is 12.2. The van der Waals surface area contributed by atoms with E-state index in [1.807, 2.05) is 35.9 Å². The maximum atomic E-state index is 12.2. The largest absolute Gasteiger partial charge is 0.292 e. The van der Waals surface area contributed by atoms with Gasteiger partial charge in [0, 0.05) is 11.3 Å². The predicted molar refractivity (Wildman–Crippen MR) is 76.5 cm³/mol. The molecule has 2 aromatic rings. The van der Waals surface area contributed by atoms with Gasteiger partial charge in [-0.1, -0.05) is 43.7 Å². The highest BCUT2D eigenvalue weighted by Gasteiger charge is 2.11. The highest BCUT2D eigenvalue weighted by molar-refractivity contribution is 5.95. The van der Waals surface area contributed by atoms with Crippen molar-refractivity contribution in [2.75, 3.05) is 0 Å². The van der Waals surface area contributed by atoms with Crippen molar-refractivity contribution in [2.45, 2.75) is 40.2 Å². The van der Waals surface area contributed by atoms with Crippen LogP contribution in [0, 0.1) is 6.92 Å². The van der Waals surface area contributed by atoms with Crippen molar-refractivity contribution in [3.8, 4) is 0 Å². The van der Waals surface area contributed by atoms with E-state index >= 15 is 0 Å². The number of nitrogens with zero attached hydrogens (tertiary/aromatic N) is 2. The van der Waals surface area contributed by atoms with Gasteiger partial charge >= 0.3 is 0 Å². The van der Waals surface area contributed by atoms with Gasteiger partial charge < -0.3 is 0 Å². The Kier molecular flexibility index (Phi) is 4.15. The Morgan fingerprint density at radius 3 is 2.42 bits per heavy atom. The zero-order valence-electron chi connectivity index (χ0n) is 11.8. The van der Waals surface area contributed by atoms with Gasteiger partial charge in [-0.15, -0.1) is 0 Å². The number of hydrogen-bond donors (Lipinski definition) is 0. The summed E-state index contributed by atoms with van der Waals surface area (Å²) in [6, 6.07) is 9.78. The minimum absolute atomic E-state index is 0.112. The fraction of sp³-hybridized carbons (Fsp3) is 0.375. The van der Waals surface area contributed by atoms with Gasteiger partial charge in [0.1, 0.15) is 6.54 Å². The van der Waals surface area contributed by atoms with Crippen LogP contribution in [0.25, 0.3) is 0 Å². The molecule has 3 nitrogen and oxygen atoms in total. The van der Waals surface area contributed by atoms with Crippen molar-refractivity contribution in [3.63, 3.8) is 0 Å². The zero-order valence-corrected chi connectivity index (χ0v) is 11.8. The average Bonchev–Trinajstić information content (AvgIpc) is 2.81. The molecule has 0 amide bonds. The van der Waals surface area contributed by atoms with E-state index in [9.17, 15) is 4.79 Å². The Morgan fingerprint density at radius 2 is 1.84 bits per heavy atom. The summed E-state index contributed by atoms with van der Waals surface area (Å²) in [5.41, 5.74) is 4.09. The molecule has 0 aliphatic rings. The lowest BCUT2D eigenvalue weighted by molar-refractivity contribution is 0.0966. The van der Waals surface area contributed by atoms with Crippen LogP contribution in [0.5, 0.6) is 0 Å². The number of Topliss-reactive ketones (excluding diaryl/α,β-unsaturated/α-hetero) is 1. The third-order valence-corrected chi connectivity index (χ3v) is 3.31. The molecule has 0 fully saturated rings. The third-order valence-electron chi connectivity index (χ3n) is 3.31. The Morgan fingerprint density at radius 1 is 1.16 bits per heavy atom. The lowest BCUT2D eigenvalue weighted by atomic mass is 10.1. The molecule has 100 valence electrons. The molecular formula is C16H20N2O. The van der Waals surface area contributed by atoms with E-state index in [1.54, 1.807) is 0 Å². The fourth-order valence-corrected chi connectivity index (χ4v) is 2.08. The van der Waals surface area contributed by atoms with Gasteiger partial charge in [-0.05, 0) is 25.8 Å². The van der Waals surface area contributed by atoms with Crippen LogP contribution in [0.15, 0.2) is 30.3 Å². The summed E-state index contributed by atoms with van der Waals surface area (Å²) in [6.07, 6.45) is 1.80. The van der Waals surface area contributed by atoms with Gasteiger partial charge in [-0.3, -0.25) is 9.48 Å². The molecular weight excluding hydrogens is 236 g/mol. The third kappa shape index (κ3) is 3.11. The number of aromatic nitrogens is 2. The molecule has 0 atom stereocenters. The standard InChI is InChI=1S/C16H20N2O/c1-4-14-10-15(5-2)18(17-14)11-16(19)13-8-6-12(3)7-9-13/h6-10H,4-5,11H2,1-3H3. The van der Waals surface area contributed by atoms with Crippen molar-refractivity contribution < 1.29 is 4.79 Å². The first kappa shape index (κ1) is 13.5. The Bertz CT molecular complexity index is 567. The second-order valence-corrected chi connectivity index (χ2v) is 4.78. The summed E-state index contributed by atoms with van der Waals surface area (Å²) in [5, 5.41) is 4.48. The second-order valence-electron chi connectivity index (χ2n) is 4.78.